The Bertz CT molecular complexity index is 569. The molecule has 1 aromatic heterocycles. The molecule has 0 amide bonds. The van der Waals surface area contributed by atoms with Gasteiger partial charge >= 0.3 is 0 Å². The van der Waals surface area contributed by atoms with E-state index in [-0.39, 0.29) is 6.61 Å². The fourth-order valence-corrected chi connectivity index (χ4v) is 2.80. The maximum Gasteiger partial charge on any atom is 0.153 e. The van der Waals surface area contributed by atoms with Crippen molar-refractivity contribution in [3.05, 3.63) is 36.1 Å². The van der Waals surface area contributed by atoms with E-state index >= 15 is 4.39 Å². The molecule has 2 unspecified atom stereocenters. The van der Waals surface area contributed by atoms with Crippen LogP contribution in [0.4, 0.5) is 4.39 Å². The molecule has 2 rings (SSSR count). The third kappa shape index (κ3) is 3.27. The Labute approximate surface area is 125 Å². The Morgan fingerprint density at radius 1 is 1.33 bits per heavy atom. The quantitative estimate of drug-likeness (QED) is 0.779. The molecule has 2 aromatic rings. The summed E-state index contributed by atoms with van der Waals surface area (Å²) in [6.07, 6.45) is 3.70. The van der Waals surface area contributed by atoms with Gasteiger partial charge in [0.1, 0.15) is 5.58 Å². The summed E-state index contributed by atoms with van der Waals surface area (Å²) < 4.78 is 21.1. The first-order valence-corrected chi connectivity index (χ1v) is 7.66. The number of hydrogen-bond donors (Lipinski definition) is 2. The smallest absolute Gasteiger partial charge is 0.153 e. The molecule has 0 saturated heterocycles. The van der Waals surface area contributed by atoms with Crippen LogP contribution in [0.15, 0.2) is 34.9 Å². The molecule has 0 bridgehead atoms. The first-order valence-electron chi connectivity index (χ1n) is 7.66. The van der Waals surface area contributed by atoms with Crippen LogP contribution < -0.4 is 5.32 Å². The van der Waals surface area contributed by atoms with Crippen molar-refractivity contribution in [2.24, 2.45) is 0 Å². The number of alkyl halides is 1. The van der Waals surface area contributed by atoms with Crippen molar-refractivity contribution in [3.63, 3.8) is 0 Å². The lowest BCUT2D eigenvalue weighted by molar-refractivity contribution is 0.0542. The van der Waals surface area contributed by atoms with Crippen molar-refractivity contribution in [2.45, 2.75) is 44.8 Å². The van der Waals surface area contributed by atoms with E-state index in [1.807, 2.05) is 26.0 Å². The van der Waals surface area contributed by atoms with E-state index in [4.69, 9.17) is 4.42 Å². The van der Waals surface area contributed by atoms with Crippen LogP contribution >= 0.6 is 0 Å². The number of furan rings is 1. The highest BCUT2D eigenvalue weighted by Crippen LogP contribution is 2.37. The number of nitrogens with one attached hydrogen (secondary N) is 1. The minimum Gasteiger partial charge on any atom is -0.464 e. The molecule has 2 atom stereocenters. The Hall–Kier alpha value is -1.39. The van der Waals surface area contributed by atoms with Gasteiger partial charge in [-0.3, -0.25) is 0 Å². The van der Waals surface area contributed by atoms with Gasteiger partial charge in [-0.1, -0.05) is 32.8 Å². The zero-order valence-corrected chi connectivity index (χ0v) is 12.7. The molecule has 2 N–H and O–H groups in total. The molecule has 0 radical (unpaired) electrons. The molecule has 1 aromatic carbocycles. The van der Waals surface area contributed by atoms with Gasteiger partial charge in [0.15, 0.2) is 5.67 Å². The SMILES string of the molecule is CCCCC(F)(c1ccc2occc2c1)C(CO)NCC. The Balaban J connectivity index is 2.40. The second-order valence-corrected chi connectivity index (χ2v) is 5.43. The summed E-state index contributed by atoms with van der Waals surface area (Å²) in [4.78, 5) is 0. The monoisotopic (exact) mass is 293 g/mol. The van der Waals surface area contributed by atoms with Gasteiger partial charge < -0.3 is 14.8 Å². The predicted octanol–water partition coefficient (Wildman–Crippen LogP) is 3.76. The zero-order chi connectivity index (χ0) is 15.3. The van der Waals surface area contributed by atoms with Crippen molar-refractivity contribution in [3.8, 4) is 0 Å². The highest BCUT2D eigenvalue weighted by atomic mass is 19.1. The summed E-state index contributed by atoms with van der Waals surface area (Å²) in [5, 5.41) is 13.6. The molecule has 0 spiro atoms. The molecule has 0 fully saturated rings. The number of rotatable bonds is 8. The van der Waals surface area contributed by atoms with Gasteiger partial charge in [-0.15, -0.1) is 0 Å². The minimum absolute atomic E-state index is 0.225. The predicted molar refractivity (Wildman–Crippen MR) is 83.1 cm³/mol. The molecule has 0 aliphatic rings. The van der Waals surface area contributed by atoms with E-state index in [0.29, 0.717) is 18.5 Å². The number of likely N-dealkylation sites (N-methyl/N-ethyl adjacent to an activating group) is 1. The summed E-state index contributed by atoms with van der Waals surface area (Å²) in [6, 6.07) is 6.63. The summed E-state index contributed by atoms with van der Waals surface area (Å²) in [5.74, 6) is 0. The average molecular weight is 293 g/mol. The van der Waals surface area contributed by atoms with Crippen molar-refractivity contribution >= 4 is 11.0 Å². The van der Waals surface area contributed by atoms with Crippen LogP contribution in [0.5, 0.6) is 0 Å². The van der Waals surface area contributed by atoms with Gasteiger partial charge in [-0.25, -0.2) is 4.39 Å². The van der Waals surface area contributed by atoms with Gasteiger partial charge in [0, 0.05) is 5.39 Å². The average Bonchev–Trinajstić information content (AvgIpc) is 2.97. The molecule has 0 aliphatic carbocycles. The lowest BCUT2D eigenvalue weighted by atomic mass is 9.83. The minimum atomic E-state index is -1.58. The third-order valence-corrected chi connectivity index (χ3v) is 4.01. The van der Waals surface area contributed by atoms with Crippen molar-refractivity contribution in [1.29, 1.82) is 0 Å². The van der Waals surface area contributed by atoms with Crippen LogP contribution in [0, 0.1) is 0 Å². The molecule has 0 saturated carbocycles. The second-order valence-electron chi connectivity index (χ2n) is 5.43. The van der Waals surface area contributed by atoms with E-state index in [0.717, 1.165) is 23.8 Å². The zero-order valence-electron chi connectivity index (χ0n) is 12.7. The number of hydrogen-bond acceptors (Lipinski definition) is 3. The normalized spacial score (nSPS) is 16.0. The Kier molecular flexibility index (Phi) is 5.37. The molecule has 1 heterocycles. The van der Waals surface area contributed by atoms with E-state index < -0.39 is 11.7 Å². The molecule has 4 heteroatoms. The maximum absolute atomic E-state index is 15.7. The molecule has 3 nitrogen and oxygen atoms in total. The van der Waals surface area contributed by atoms with Crippen LogP contribution in [0.25, 0.3) is 11.0 Å². The Morgan fingerprint density at radius 3 is 2.81 bits per heavy atom. The van der Waals surface area contributed by atoms with E-state index in [9.17, 15) is 5.11 Å². The second kappa shape index (κ2) is 7.05. The maximum atomic E-state index is 15.7. The number of aliphatic hydroxyl groups is 1. The van der Waals surface area contributed by atoms with Crippen LogP contribution in [0.2, 0.25) is 0 Å². The fraction of sp³-hybridized carbons (Fsp3) is 0.529. The molecule has 21 heavy (non-hydrogen) atoms. The van der Waals surface area contributed by atoms with Gasteiger partial charge in [0.25, 0.3) is 0 Å². The number of fused-ring (bicyclic) bond motifs is 1. The lowest BCUT2D eigenvalue weighted by Crippen LogP contribution is -2.48. The number of halogens is 1. The van der Waals surface area contributed by atoms with Crippen molar-refractivity contribution in [2.75, 3.05) is 13.2 Å². The fourth-order valence-electron chi connectivity index (χ4n) is 2.80. The van der Waals surface area contributed by atoms with E-state index in [1.165, 1.54) is 0 Å². The third-order valence-electron chi connectivity index (χ3n) is 4.01. The Morgan fingerprint density at radius 2 is 2.14 bits per heavy atom. The van der Waals surface area contributed by atoms with Crippen LogP contribution in [0.3, 0.4) is 0 Å². The largest absolute Gasteiger partial charge is 0.464 e. The van der Waals surface area contributed by atoms with Crippen LogP contribution in [-0.2, 0) is 5.67 Å². The first kappa shape index (κ1) is 16.0. The molecule has 0 aliphatic heterocycles. The van der Waals surface area contributed by atoms with E-state index in [2.05, 4.69) is 5.32 Å². The summed E-state index contributed by atoms with van der Waals surface area (Å²) in [5.41, 5.74) is -0.225. The van der Waals surface area contributed by atoms with Crippen LogP contribution in [0.1, 0.15) is 38.7 Å². The molecular weight excluding hydrogens is 269 g/mol. The van der Waals surface area contributed by atoms with Gasteiger partial charge in [0.2, 0.25) is 0 Å². The number of benzene rings is 1. The molecular formula is C17H24FNO2. The topological polar surface area (TPSA) is 45.4 Å². The highest BCUT2D eigenvalue weighted by Gasteiger charge is 2.39. The first-order chi connectivity index (χ1) is 10.2. The summed E-state index contributed by atoms with van der Waals surface area (Å²) in [7, 11) is 0. The van der Waals surface area contributed by atoms with Gasteiger partial charge in [0.05, 0.1) is 18.9 Å². The van der Waals surface area contributed by atoms with E-state index in [1.54, 1.807) is 18.4 Å². The molecule has 116 valence electrons. The summed E-state index contributed by atoms with van der Waals surface area (Å²) in [6.45, 7) is 4.36. The van der Waals surface area contributed by atoms with Gasteiger partial charge in [-0.05, 0) is 36.7 Å². The number of unbranched alkanes of at least 4 members (excludes halogenated alkanes) is 1. The summed E-state index contributed by atoms with van der Waals surface area (Å²) >= 11 is 0. The van der Waals surface area contributed by atoms with Crippen molar-refractivity contribution in [1.82, 2.24) is 5.32 Å². The van der Waals surface area contributed by atoms with Gasteiger partial charge in [-0.2, -0.15) is 0 Å². The van der Waals surface area contributed by atoms with Crippen molar-refractivity contribution < 1.29 is 13.9 Å². The van der Waals surface area contributed by atoms with Crippen LogP contribution in [-0.4, -0.2) is 24.3 Å². The number of aliphatic hydroxyl groups excluding tert-OH is 1. The lowest BCUT2D eigenvalue weighted by Gasteiger charge is -2.34. The highest BCUT2D eigenvalue weighted by molar-refractivity contribution is 5.78. The standard InChI is InChI=1S/C17H24FNO2/c1-3-5-9-17(18,16(12-20)19-4-2)14-6-7-15-13(11-14)8-10-21-15/h6-8,10-11,16,19-20H,3-5,9,12H2,1-2H3.